The van der Waals surface area contributed by atoms with Gasteiger partial charge < -0.3 is 19.3 Å². The molecule has 2 heterocycles. The van der Waals surface area contributed by atoms with Gasteiger partial charge in [0.2, 0.25) is 0 Å². The number of ether oxygens (including phenoxy) is 1. The van der Waals surface area contributed by atoms with Gasteiger partial charge >= 0.3 is 0 Å². The van der Waals surface area contributed by atoms with Crippen molar-refractivity contribution in [2.45, 2.75) is 32.2 Å². The van der Waals surface area contributed by atoms with Crippen LogP contribution in [0.5, 0.6) is 0 Å². The molecule has 0 aliphatic carbocycles. The number of carbonyl (C=O) groups is 1. The van der Waals surface area contributed by atoms with Crippen LogP contribution in [0.3, 0.4) is 0 Å². The summed E-state index contributed by atoms with van der Waals surface area (Å²) in [6.07, 6.45) is 4.45. The van der Waals surface area contributed by atoms with Crippen LogP contribution in [0.4, 0.5) is 0 Å². The van der Waals surface area contributed by atoms with Crippen LogP contribution >= 0.6 is 0 Å². The van der Waals surface area contributed by atoms with Gasteiger partial charge in [-0.1, -0.05) is 6.92 Å². The first kappa shape index (κ1) is 14.0. The van der Waals surface area contributed by atoms with Crippen LogP contribution in [-0.2, 0) is 9.53 Å². The number of hydrogen-bond donors (Lipinski definition) is 0. The maximum atomic E-state index is 11.3. The smallest absolute Gasteiger partial charge is 0.129 e. The molecular weight excluding hydrogens is 228 g/mol. The maximum Gasteiger partial charge on any atom is 0.129 e. The van der Waals surface area contributed by atoms with Crippen molar-refractivity contribution in [1.82, 2.24) is 9.80 Å². The molecule has 4 heteroatoms. The lowest BCUT2D eigenvalue weighted by Crippen LogP contribution is -2.47. The van der Waals surface area contributed by atoms with Gasteiger partial charge in [0.15, 0.2) is 0 Å². The fourth-order valence-electron chi connectivity index (χ4n) is 3.18. The standard InChI is InChI=1S/C14H26N2O2/c1-3-16-7-4-13(5-8-16)15(2)10-14(11-17)6-9-18-12-14/h11,13H,3-10,12H2,1-2H3. The Labute approximate surface area is 110 Å². The van der Waals surface area contributed by atoms with Crippen LogP contribution in [-0.4, -0.2) is 68.6 Å². The Morgan fingerprint density at radius 2 is 2.17 bits per heavy atom. The summed E-state index contributed by atoms with van der Waals surface area (Å²) in [6, 6.07) is 0.630. The van der Waals surface area contributed by atoms with Gasteiger partial charge in [0, 0.05) is 19.2 Å². The van der Waals surface area contributed by atoms with E-state index in [2.05, 4.69) is 23.8 Å². The average molecular weight is 254 g/mol. The predicted octanol–water partition coefficient (Wildman–Crippen LogP) is 1.01. The molecule has 0 N–H and O–H groups in total. The summed E-state index contributed by atoms with van der Waals surface area (Å²) in [7, 11) is 2.16. The molecule has 2 aliphatic rings. The summed E-state index contributed by atoms with van der Waals surface area (Å²) in [5.74, 6) is 0. The number of rotatable bonds is 5. The largest absolute Gasteiger partial charge is 0.380 e. The zero-order valence-electron chi connectivity index (χ0n) is 11.7. The summed E-state index contributed by atoms with van der Waals surface area (Å²) < 4.78 is 5.41. The first-order chi connectivity index (χ1) is 8.69. The highest BCUT2D eigenvalue weighted by Crippen LogP contribution is 2.28. The van der Waals surface area contributed by atoms with E-state index in [0.29, 0.717) is 12.6 Å². The molecule has 0 spiro atoms. The molecule has 0 aromatic carbocycles. The quantitative estimate of drug-likeness (QED) is 0.686. The van der Waals surface area contributed by atoms with Crippen molar-refractivity contribution in [2.24, 2.45) is 5.41 Å². The molecule has 0 amide bonds. The molecule has 2 saturated heterocycles. The molecule has 2 fully saturated rings. The van der Waals surface area contributed by atoms with E-state index in [1.807, 2.05) is 0 Å². The summed E-state index contributed by atoms with van der Waals surface area (Å²) in [5, 5.41) is 0. The Hall–Kier alpha value is -0.450. The SMILES string of the molecule is CCN1CCC(N(C)CC2(C=O)CCOC2)CC1. The second-order valence-corrected chi connectivity index (χ2v) is 5.86. The summed E-state index contributed by atoms with van der Waals surface area (Å²) in [6.45, 7) is 7.96. The van der Waals surface area contributed by atoms with E-state index < -0.39 is 0 Å². The highest BCUT2D eigenvalue weighted by atomic mass is 16.5. The minimum atomic E-state index is -0.239. The molecule has 0 aromatic rings. The fourth-order valence-corrected chi connectivity index (χ4v) is 3.18. The Bertz CT molecular complexity index is 269. The minimum absolute atomic E-state index is 0.239. The van der Waals surface area contributed by atoms with Gasteiger partial charge in [0.25, 0.3) is 0 Å². The first-order valence-corrected chi connectivity index (χ1v) is 7.16. The molecular formula is C14H26N2O2. The Morgan fingerprint density at radius 3 is 2.67 bits per heavy atom. The van der Waals surface area contributed by atoms with Gasteiger partial charge in [-0.25, -0.2) is 0 Å². The van der Waals surface area contributed by atoms with Gasteiger partial charge in [-0.2, -0.15) is 0 Å². The first-order valence-electron chi connectivity index (χ1n) is 7.16. The van der Waals surface area contributed by atoms with E-state index in [-0.39, 0.29) is 5.41 Å². The average Bonchev–Trinajstić information content (AvgIpc) is 2.88. The monoisotopic (exact) mass is 254 g/mol. The van der Waals surface area contributed by atoms with Crippen LogP contribution in [0.2, 0.25) is 0 Å². The highest BCUT2D eigenvalue weighted by Gasteiger charge is 2.37. The van der Waals surface area contributed by atoms with Crippen molar-refractivity contribution in [1.29, 1.82) is 0 Å². The second kappa shape index (κ2) is 6.13. The van der Waals surface area contributed by atoms with Gasteiger partial charge in [-0.3, -0.25) is 0 Å². The topological polar surface area (TPSA) is 32.8 Å². The van der Waals surface area contributed by atoms with Gasteiger partial charge in [-0.05, 0) is 45.9 Å². The Balaban J connectivity index is 1.84. The minimum Gasteiger partial charge on any atom is -0.380 e. The Kier molecular flexibility index (Phi) is 4.76. The molecule has 2 aliphatic heterocycles. The van der Waals surface area contributed by atoms with Crippen LogP contribution in [0, 0.1) is 5.41 Å². The third kappa shape index (κ3) is 3.11. The Morgan fingerprint density at radius 1 is 1.44 bits per heavy atom. The van der Waals surface area contributed by atoms with Crippen LogP contribution < -0.4 is 0 Å². The molecule has 4 nitrogen and oxygen atoms in total. The van der Waals surface area contributed by atoms with Crippen molar-refractivity contribution >= 4 is 6.29 Å². The molecule has 0 aromatic heterocycles. The highest BCUT2D eigenvalue weighted by molar-refractivity contribution is 5.60. The lowest BCUT2D eigenvalue weighted by molar-refractivity contribution is -0.117. The second-order valence-electron chi connectivity index (χ2n) is 5.86. The fraction of sp³-hybridized carbons (Fsp3) is 0.929. The number of hydrogen-bond acceptors (Lipinski definition) is 4. The van der Waals surface area contributed by atoms with E-state index in [1.165, 1.54) is 25.9 Å². The van der Waals surface area contributed by atoms with E-state index in [1.54, 1.807) is 0 Å². The van der Waals surface area contributed by atoms with Gasteiger partial charge in [-0.15, -0.1) is 0 Å². The number of nitrogens with zero attached hydrogens (tertiary/aromatic N) is 2. The molecule has 1 atom stereocenters. The van der Waals surface area contributed by atoms with Crippen molar-refractivity contribution in [3.05, 3.63) is 0 Å². The molecule has 1 unspecified atom stereocenters. The number of likely N-dealkylation sites (tertiary alicyclic amines) is 1. The molecule has 0 saturated carbocycles. The van der Waals surface area contributed by atoms with Gasteiger partial charge in [0.1, 0.15) is 6.29 Å². The third-order valence-electron chi connectivity index (χ3n) is 4.58. The number of aldehydes is 1. The number of piperidine rings is 1. The summed E-state index contributed by atoms with van der Waals surface area (Å²) in [4.78, 5) is 16.2. The molecule has 0 bridgehead atoms. The van der Waals surface area contributed by atoms with Crippen molar-refractivity contribution in [3.8, 4) is 0 Å². The number of carbonyl (C=O) groups excluding carboxylic acids is 1. The van der Waals surface area contributed by atoms with Crippen LogP contribution in [0.15, 0.2) is 0 Å². The molecule has 0 radical (unpaired) electrons. The lowest BCUT2D eigenvalue weighted by Gasteiger charge is -2.38. The lowest BCUT2D eigenvalue weighted by atomic mass is 9.87. The molecule has 104 valence electrons. The predicted molar refractivity (Wildman–Crippen MR) is 71.7 cm³/mol. The van der Waals surface area contributed by atoms with Crippen molar-refractivity contribution in [3.63, 3.8) is 0 Å². The zero-order valence-corrected chi connectivity index (χ0v) is 11.7. The summed E-state index contributed by atoms with van der Waals surface area (Å²) in [5.41, 5.74) is -0.239. The van der Waals surface area contributed by atoms with Gasteiger partial charge in [0.05, 0.1) is 12.0 Å². The van der Waals surface area contributed by atoms with Crippen molar-refractivity contribution in [2.75, 3.05) is 46.4 Å². The normalized spacial score (nSPS) is 31.1. The van der Waals surface area contributed by atoms with E-state index >= 15 is 0 Å². The van der Waals surface area contributed by atoms with Crippen molar-refractivity contribution < 1.29 is 9.53 Å². The summed E-state index contributed by atoms with van der Waals surface area (Å²) >= 11 is 0. The van der Waals surface area contributed by atoms with Crippen LogP contribution in [0.25, 0.3) is 0 Å². The van der Waals surface area contributed by atoms with E-state index in [9.17, 15) is 4.79 Å². The maximum absolute atomic E-state index is 11.3. The molecule has 18 heavy (non-hydrogen) atoms. The molecule has 2 rings (SSSR count). The zero-order chi connectivity index (χ0) is 13.0. The van der Waals surface area contributed by atoms with E-state index in [0.717, 1.165) is 32.4 Å². The van der Waals surface area contributed by atoms with Crippen LogP contribution in [0.1, 0.15) is 26.2 Å². The van der Waals surface area contributed by atoms with E-state index in [4.69, 9.17) is 4.74 Å². The third-order valence-corrected chi connectivity index (χ3v) is 4.58.